The summed E-state index contributed by atoms with van der Waals surface area (Å²) in [6.07, 6.45) is 6.06. The molecule has 9 heteroatoms. The highest BCUT2D eigenvalue weighted by Crippen LogP contribution is 2.42. The lowest BCUT2D eigenvalue weighted by atomic mass is 9.92. The Labute approximate surface area is 148 Å². The van der Waals surface area contributed by atoms with Gasteiger partial charge in [0.25, 0.3) is 11.8 Å². The normalized spacial score (nSPS) is 19.8. The minimum Gasteiger partial charge on any atom is -0.381 e. The van der Waals surface area contributed by atoms with E-state index >= 15 is 0 Å². The zero-order chi connectivity index (χ0) is 18.1. The van der Waals surface area contributed by atoms with Gasteiger partial charge in [0.05, 0.1) is 6.20 Å². The van der Waals surface area contributed by atoms with Crippen molar-refractivity contribution in [3.05, 3.63) is 35.5 Å². The molecule has 0 spiro atoms. The molecule has 3 heterocycles. The van der Waals surface area contributed by atoms with Gasteiger partial charge in [-0.15, -0.1) is 0 Å². The first-order valence-electron chi connectivity index (χ1n) is 8.71. The van der Waals surface area contributed by atoms with Gasteiger partial charge in [-0.1, -0.05) is 0 Å². The van der Waals surface area contributed by atoms with Crippen molar-refractivity contribution in [2.24, 2.45) is 0 Å². The fourth-order valence-corrected chi connectivity index (χ4v) is 3.51. The van der Waals surface area contributed by atoms with Crippen LogP contribution < -0.4 is 5.32 Å². The van der Waals surface area contributed by atoms with Crippen molar-refractivity contribution in [1.29, 1.82) is 0 Å². The van der Waals surface area contributed by atoms with Gasteiger partial charge in [0.15, 0.2) is 11.5 Å². The van der Waals surface area contributed by atoms with Gasteiger partial charge in [-0.3, -0.25) is 9.78 Å². The molecule has 7 nitrogen and oxygen atoms in total. The minimum absolute atomic E-state index is 0.0299. The Morgan fingerprint density at radius 1 is 1.31 bits per heavy atom. The summed E-state index contributed by atoms with van der Waals surface area (Å²) in [5, 5.41) is 7.12. The second-order valence-corrected chi connectivity index (χ2v) is 6.57. The van der Waals surface area contributed by atoms with Crippen LogP contribution in [0.25, 0.3) is 5.82 Å². The lowest BCUT2D eigenvalue weighted by Gasteiger charge is -2.24. The summed E-state index contributed by atoms with van der Waals surface area (Å²) in [4.78, 5) is 20.7. The van der Waals surface area contributed by atoms with Crippen LogP contribution in [0.4, 0.5) is 8.78 Å². The number of amides is 1. The topological polar surface area (TPSA) is 81.9 Å². The summed E-state index contributed by atoms with van der Waals surface area (Å²) in [7, 11) is 0. The van der Waals surface area contributed by atoms with Crippen LogP contribution in [-0.2, 0) is 17.1 Å². The zero-order valence-electron chi connectivity index (χ0n) is 14.1. The van der Waals surface area contributed by atoms with E-state index in [4.69, 9.17) is 4.74 Å². The van der Waals surface area contributed by atoms with E-state index in [1.807, 2.05) is 0 Å². The molecule has 138 valence electrons. The maximum Gasteiger partial charge on any atom is 0.290 e. The van der Waals surface area contributed by atoms with Crippen LogP contribution in [-0.4, -0.2) is 44.9 Å². The molecule has 0 unspecified atom stereocenters. The number of fused-ring (bicyclic) bond motifs is 1. The first-order valence-corrected chi connectivity index (χ1v) is 8.71. The number of nitrogens with zero attached hydrogens (tertiary/aromatic N) is 4. The third-order valence-corrected chi connectivity index (χ3v) is 4.79. The first-order chi connectivity index (χ1) is 12.6. The summed E-state index contributed by atoms with van der Waals surface area (Å²) in [5.41, 5.74) is 0.106. The molecule has 0 aromatic carbocycles. The number of nitrogens with one attached hydrogen (secondary N) is 1. The molecule has 0 saturated carbocycles. The highest BCUT2D eigenvalue weighted by Gasteiger charge is 2.44. The molecule has 2 aromatic heterocycles. The van der Waals surface area contributed by atoms with E-state index in [0.29, 0.717) is 44.5 Å². The van der Waals surface area contributed by atoms with Gasteiger partial charge < -0.3 is 10.1 Å². The first kappa shape index (κ1) is 17.0. The van der Waals surface area contributed by atoms with E-state index in [-0.39, 0.29) is 29.7 Å². The van der Waals surface area contributed by atoms with E-state index in [2.05, 4.69) is 20.4 Å². The van der Waals surface area contributed by atoms with Crippen LogP contribution in [0.15, 0.2) is 18.6 Å². The molecular formula is C17H19F2N5O2. The van der Waals surface area contributed by atoms with Crippen LogP contribution in [0, 0.1) is 0 Å². The molecule has 0 atom stereocenters. The van der Waals surface area contributed by atoms with Gasteiger partial charge in [0, 0.05) is 43.6 Å². The van der Waals surface area contributed by atoms with E-state index in [1.54, 1.807) is 0 Å². The smallest absolute Gasteiger partial charge is 0.290 e. The Kier molecular flexibility index (Phi) is 4.39. The van der Waals surface area contributed by atoms with Crippen LogP contribution in [0.1, 0.15) is 47.4 Å². The number of ether oxygens (including phenoxy) is 1. The highest BCUT2D eigenvalue weighted by atomic mass is 19.3. The van der Waals surface area contributed by atoms with Crippen molar-refractivity contribution in [3.63, 3.8) is 0 Å². The van der Waals surface area contributed by atoms with Crippen LogP contribution >= 0.6 is 0 Å². The fourth-order valence-electron chi connectivity index (χ4n) is 3.51. The van der Waals surface area contributed by atoms with Gasteiger partial charge in [0.1, 0.15) is 5.69 Å². The number of rotatable bonds is 3. The Morgan fingerprint density at radius 3 is 2.85 bits per heavy atom. The molecule has 2 aromatic rings. The van der Waals surface area contributed by atoms with E-state index in [0.717, 1.165) is 4.68 Å². The maximum atomic E-state index is 14.6. The molecule has 1 fully saturated rings. The minimum atomic E-state index is -3.06. The monoisotopic (exact) mass is 363 g/mol. The zero-order valence-corrected chi connectivity index (χ0v) is 14.1. The molecule has 2 aliphatic rings. The Bertz CT molecular complexity index is 803. The van der Waals surface area contributed by atoms with Crippen LogP contribution in [0.3, 0.4) is 0 Å². The number of alkyl halides is 2. The Balaban J connectivity index is 1.73. The summed E-state index contributed by atoms with van der Waals surface area (Å²) in [6, 6.07) is -0.0299. The predicted octanol–water partition coefficient (Wildman–Crippen LogP) is 2.00. The average Bonchev–Trinajstić information content (AvgIpc) is 3.04. The second-order valence-electron chi connectivity index (χ2n) is 6.57. The highest BCUT2D eigenvalue weighted by molar-refractivity contribution is 5.94. The average molecular weight is 363 g/mol. The predicted molar refractivity (Wildman–Crippen MR) is 87.3 cm³/mol. The Morgan fingerprint density at radius 2 is 2.12 bits per heavy atom. The molecule has 0 radical (unpaired) electrons. The van der Waals surface area contributed by atoms with Gasteiger partial charge in [-0.2, -0.15) is 13.9 Å². The van der Waals surface area contributed by atoms with E-state index in [1.165, 1.54) is 18.6 Å². The van der Waals surface area contributed by atoms with E-state index in [9.17, 15) is 13.6 Å². The van der Waals surface area contributed by atoms with Crippen molar-refractivity contribution < 1.29 is 18.3 Å². The molecule has 1 amide bonds. The molecule has 1 aliphatic carbocycles. The van der Waals surface area contributed by atoms with Gasteiger partial charge >= 0.3 is 0 Å². The van der Waals surface area contributed by atoms with Gasteiger partial charge in [0.2, 0.25) is 0 Å². The maximum absolute atomic E-state index is 14.6. The molecule has 1 N–H and O–H groups in total. The molecule has 0 bridgehead atoms. The lowest BCUT2D eigenvalue weighted by molar-refractivity contribution is -0.0283. The summed E-state index contributed by atoms with van der Waals surface area (Å²) in [6.45, 7) is 1.16. The second kappa shape index (κ2) is 6.71. The van der Waals surface area contributed by atoms with Crippen LogP contribution in [0.2, 0.25) is 0 Å². The van der Waals surface area contributed by atoms with Crippen LogP contribution in [0.5, 0.6) is 0 Å². The van der Waals surface area contributed by atoms with Crippen molar-refractivity contribution in [1.82, 2.24) is 25.1 Å². The van der Waals surface area contributed by atoms with Crippen molar-refractivity contribution in [2.45, 2.75) is 44.1 Å². The molecule has 1 saturated heterocycles. The van der Waals surface area contributed by atoms with Crippen molar-refractivity contribution in [2.75, 3.05) is 13.2 Å². The largest absolute Gasteiger partial charge is 0.381 e. The standard InChI is InChI=1S/C17H19F2N5O2/c18-17(19)5-1-2-12-14(16(25)22-11-3-8-26-9-4-11)23-24(15(12)17)13-10-20-6-7-21-13/h6-7,10-11H,1-5,8-9H2,(H,22,25). The van der Waals surface area contributed by atoms with Gasteiger partial charge in [-0.25, -0.2) is 9.67 Å². The number of hydrogen-bond acceptors (Lipinski definition) is 5. The van der Waals surface area contributed by atoms with Crippen molar-refractivity contribution >= 4 is 5.91 Å². The molecule has 1 aliphatic heterocycles. The number of halogens is 2. The fraction of sp³-hybridized carbons (Fsp3) is 0.529. The summed E-state index contributed by atoms with van der Waals surface area (Å²) in [5.74, 6) is -3.31. The van der Waals surface area contributed by atoms with Crippen molar-refractivity contribution in [3.8, 4) is 5.82 Å². The lowest BCUT2D eigenvalue weighted by Crippen LogP contribution is -2.39. The number of carbonyl (C=O) groups is 1. The molecular weight excluding hydrogens is 344 g/mol. The third-order valence-electron chi connectivity index (χ3n) is 4.79. The van der Waals surface area contributed by atoms with E-state index < -0.39 is 11.8 Å². The molecule has 4 rings (SSSR count). The molecule has 26 heavy (non-hydrogen) atoms. The number of aromatic nitrogens is 4. The summed E-state index contributed by atoms with van der Waals surface area (Å²) < 4.78 is 35.6. The number of hydrogen-bond donors (Lipinski definition) is 1. The summed E-state index contributed by atoms with van der Waals surface area (Å²) >= 11 is 0. The number of carbonyl (C=O) groups excluding carboxylic acids is 1. The quantitative estimate of drug-likeness (QED) is 0.902. The van der Waals surface area contributed by atoms with Gasteiger partial charge in [-0.05, 0) is 25.7 Å². The SMILES string of the molecule is O=C(NC1CCOCC1)c1nn(-c2cnccn2)c2c1CCCC2(F)F. The Hall–Kier alpha value is -2.42. The third kappa shape index (κ3) is 3.07.